The Morgan fingerprint density at radius 3 is 1.92 bits per heavy atom. The smallest absolute Gasteiger partial charge is 0.134 e. The standard InChI is InChI=1S/C47H35N3.C7H8.C5H8/c1-2-4-16-32(15-3-1)46-30-47(49-31-48-46)50-45-26-14-13-25-43(45)40-23-11-9-19-36(40)35-18-6-5-17-34(35)33-27-28-42-39-22-8-7-20-37(39)38-21-10-12-24-41(38)44(42)29-33;1-7-5-3-2-4-6-7;1-3-5-4-2/h1,3-6,8-9,11-19,22-31H,7,10,20-21H2,(H,48,49,50);2-6H,1H3;3-5H,1H2,2H3/b;;5-4-. The zero-order valence-electron chi connectivity index (χ0n) is 35.6. The minimum atomic E-state index is 0.737. The van der Waals surface area contributed by atoms with Crippen molar-refractivity contribution < 1.29 is 0 Å². The van der Waals surface area contributed by atoms with Gasteiger partial charge in [0.2, 0.25) is 0 Å². The summed E-state index contributed by atoms with van der Waals surface area (Å²) in [6.45, 7) is 7.51. The van der Waals surface area contributed by atoms with Crippen molar-refractivity contribution in [3.05, 3.63) is 240 Å². The van der Waals surface area contributed by atoms with Crippen LogP contribution < -0.4 is 5.32 Å². The molecule has 3 aliphatic carbocycles. The lowest BCUT2D eigenvalue weighted by molar-refractivity contribution is 0.911. The van der Waals surface area contributed by atoms with Crippen LogP contribution >= 0.6 is 0 Å². The Hall–Kier alpha value is -7.58. The van der Waals surface area contributed by atoms with Gasteiger partial charge in [-0.05, 0) is 131 Å². The normalized spacial score (nSPS) is 13.2. The van der Waals surface area contributed by atoms with Gasteiger partial charge >= 0.3 is 0 Å². The van der Waals surface area contributed by atoms with Crippen molar-refractivity contribution in [2.24, 2.45) is 0 Å². The minimum Gasteiger partial charge on any atom is -0.340 e. The number of para-hydroxylation sites is 1. The Bertz CT molecular complexity index is 2950. The number of benzene rings is 6. The summed E-state index contributed by atoms with van der Waals surface area (Å²) in [6, 6.07) is 45.4. The molecule has 1 N–H and O–H groups in total. The number of aromatic nitrogens is 2. The van der Waals surface area contributed by atoms with Gasteiger partial charge in [-0.1, -0.05) is 176 Å². The van der Waals surface area contributed by atoms with E-state index in [1.807, 2.05) is 73.7 Å². The fourth-order valence-electron chi connectivity index (χ4n) is 8.40. The highest BCUT2D eigenvalue weighted by Crippen LogP contribution is 2.43. The number of rotatable bonds is 7. The van der Waals surface area contributed by atoms with Crippen LogP contribution in [0.15, 0.2) is 207 Å². The average molecular weight is 802 g/mol. The Morgan fingerprint density at radius 2 is 1.26 bits per heavy atom. The quantitative estimate of drug-likeness (QED) is 0.129. The largest absolute Gasteiger partial charge is 0.340 e. The molecule has 0 radical (unpaired) electrons. The molecule has 302 valence electrons. The third-order valence-corrected chi connectivity index (χ3v) is 11.3. The van der Waals surface area contributed by atoms with E-state index >= 15 is 0 Å². The summed E-state index contributed by atoms with van der Waals surface area (Å²) in [5.41, 5.74) is 20.3. The first-order chi connectivity index (χ1) is 30.6. The molecule has 0 amide bonds. The summed E-state index contributed by atoms with van der Waals surface area (Å²) in [6.07, 6.45) is 30.9. The number of hydrogen-bond acceptors (Lipinski definition) is 3. The van der Waals surface area contributed by atoms with E-state index in [0.29, 0.717) is 0 Å². The van der Waals surface area contributed by atoms with Crippen LogP contribution in [0.25, 0.3) is 61.9 Å². The van der Waals surface area contributed by atoms with E-state index in [2.05, 4.69) is 162 Å². The molecule has 62 heavy (non-hydrogen) atoms. The van der Waals surface area contributed by atoms with E-state index < -0.39 is 0 Å². The number of hydrogen-bond donors (Lipinski definition) is 1. The first-order valence-corrected chi connectivity index (χ1v) is 21.5. The van der Waals surface area contributed by atoms with E-state index in [9.17, 15) is 0 Å². The summed E-state index contributed by atoms with van der Waals surface area (Å²) in [5.74, 6) is 0.737. The van der Waals surface area contributed by atoms with Crippen molar-refractivity contribution in [3.63, 3.8) is 0 Å². The molecule has 0 saturated carbocycles. The van der Waals surface area contributed by atoms with Gasteiger partial charge in [0.05, 0.1) is 5.69 Å². The molecule has 1 aromatic heterocycles. The molecular weight excluding hydrogens is 751 g/mol. The molecule has 0 aliphatic heterocycles. The highest BCUT2D eigenvalue weighted by Gasteiger charge is 2.21. The number of aryl methyl sites for hydroxylation is 1. The lowest BCUT2D eigenvalue weighted by Crippen LogP contribution is -2.07. The van der Waals surface area contributed by atoms with Crippen LogP contribution in [0, 0.1) is 6.92 Å². The van der Waals surface area contributed by atoms with Crippen LogP contribution in [-0.2, 0) is 12.8 Å². The van der Waals surface area contributed by atoms with Gasteiger partial charge < -0.3 is 5.32 Å². The topological polar surface area (TPSA) is 37.8 Å². The zero-order valence-corrected chi connectivity index (χ0v) is 35.6. The highest BCUT2D eigenvalue weighted by molar-refractivity contribution is 6.03. The van der Waals surface area contributed by atoms with Gasteiger partial charge in [0.1, 0.15) is 12.1 Å². The molecule has 0 spiro atoms. The molecule has 3 aliphatic rings. The lowest BCUT2D eigenvalue weighted by Gasteiger charge is -2.24. The van der Waals surface area contributed by atoms with Crippen molar-refractivity contribution in [2.45, 2.75) is 39.5 Å². The van der Waals surface area contributed by atoms with E-state index in [1.54, 1.807) is 23.5 Å². The van der Waals surface area contributed by atoms with Crippen LogP contribution in [0.1, 0.15) is 53.3 Å². The van der Waals surface area contributed by atoms with Crippen LogP contribution in [0.2, 0.25) is 0 Å². The van der Waals surface area contributed by atoms with E-state index in [0.717, 1.165) is 59.6 Å². The summed E-state index contributed by atoms with van der Waals surface area (Å²) in [4.78, 5) is 9.13. The van der Waals surface area contributed by atoms with Gasteiger partial charge in [0.15, 0.2) is 0 Å². The Kier molecular flexibility index (Phi) is 13.4. The number of anilines is 2. The second-order valence-electron chi connectivity index (χ2n) is 15.4. The summed E-state index contributed by atoms with van der Waals surface area (Å²) >= 11 is 0. The van der Waals surface area contributed by atoms with Gasteiger partial charge in [0, 0.05) is 22.9 Å². The number of allylic oxidation sites excluding steroid dienone is 10. The van der Waals surface area contributed by atoms with Crippen LogP contribution in [0.3, 0.4) is 0 Å². The van der Waals surface area contributed by atoms with Crippen LogP contribution in [0.5, 0.6) is 0 Å². The fraction of sp³-hybridized carbons (Fsp3) is 0.102. The molecule has 6 aromatic carbocycles. The van der Waals surface area contributed by atoms with Gasteiger partial charge in [-0.15, -0.1) is 5.73 Å². The highest BCUT2D eigenvalue weighted by atomic mass is 15.0. The maximum Gasteiger partial charge on any atom is 0.134 e. The Morgan fingerprint density at radius 1 is 0.629 bits per heavy atom. The predicted molar refractivity (Wildman–Crippen MR) is 266 cm³/mol. The summed E-state index contributed by atoms with van der Waals surface area (Å²) in [5, 5.41) is 6.32. The molecule has 3 nitrogen and oxygen atoms in total. The molecule has 0 saturated heterocycles. The second kappa shape index (κ2) is 20.1. The van der Waals surface area contributed by atoms with Gasteiger partial charge in [-0.3, -0.25) is 0 Å². The molecule has 0 atom stereocenters. The third kappa shape index (κ3) is 9.40. The maximum absolute atomic E-state index is 4.59. The number of nitrogens with zero attached hydrogens (tertiary/aromatic N) is 2. The van der Waals surface area contributed by atoms with Crippen molar-refractivity contribution in [2.75, 3.05) is 5.32 Å². The van der Waals surface area contributed by atoms with E-state index in [-0.39, 0.29) is 0 Å². The molecule has 1 heterocycles. The van der Waals surface area contributed by atoms with Crippen molar-refractivity contribution in [1.29, 1.82) is 0 Å². The van der Waals surface area contributed by atoms with Crippen LogP contribution in [0.4, 0.5) is 11.5 Å². The zero-order chi connectivity index (χ0) is 42.5. The first kappa shape index (κ1) is 41.2. The summed E-state index contributed by atoms with van der Waals surface area (Å²) < 4.78 is 0. The van der Waals surface area contributed by atoms with Gasteiger partial charge in [0.25, 0.3) is 0 Å². The van der Waals surface area contributed by atoms with E-state index in [1.165, 1.54) is 49.7 Å². The van der Waals surface area contributed by atoms with Crippen LogP contribution in [-0.4, -0.2) is 9.97 Å². The maximum atomic E-state index is 4.59. The predicted octanol–water partition coefficient (Wildman–Crippen LogP) is 15.7. The molecular formula is C59H51N3. The van der Waals surface area contributed by atoms with Crippen molar-refractivity contribution in [3.8, 4) is 33.4 Å². The average Bonchev–Trinajstić information content (AvgIpc) is 3.63. The fourth-order valence-corrected chi connectivity index (χ4v) is 8.40. The minimum absolute atomic E-state index is 0.737. The molecule has 10 rings (SSSR count). The molecule has 3 heteroatoms. The van der Waals surface area contributed by atoms with E-state index in [4.69, 9.17) is 0 Å². The molecule has 0 unspecified atom stereocenters. The Balaban J connectivity index is 0.000000386. The van der Waals surface area contributed by atoms with Gasteiger partial charge in [-0.25, -0.2) is 9.97 Å². The van der Waals surface area contributed by atoms with Gasteiger partial charge in [-0.2, -0.15) is 0 Å². The second-order valence-corrected chi connectivity index (χ2v) is 15.4. The van der Waals surface area contributed by atoms with Crippen molar-refractivity contribution in [1.82, 2.24) is 9.97 Å². The summed E-state index contributed by atoms with van der Waals surface area (Å²) in [7, 11) is 0. The number of nitrogens with one attached hydrogen (secondary N) is 1. The van der Waals surface area contributed by atoms with Crippen molar-refractivity contribution >= 4 is 40.0 Å². The molecule has 7 aromatic rings. The third-order valence-electron chi connectivity index (χ3n) is 11.3. The SMILES string of the molecule is C1=CC=CC(c2cc(Nc3ccccc3-c3ccccc3-c3ccccc3-c3ccc4c5c(c6c(c4c3)C=CCC6)CCC=C5)ncn2)=CC=1.C=C/C=C\C.Cc1ccccc1. The molecule has 0 bridgehead atoms. The first-order valence-electron chi connectivity index (χ1n) is 21.5. The monoisotopic (exact) mass is 801 g/mol. The Labute approximate surface area is 367 Å². The molecule has 0 fully saturated rings. The number of fused-ring (bicyclic) bond motifs is 6. The lowest BCUT2D eigenvalue weighted by atomic mass is 9.80.